The predicted molar refractivity (Wildman–Crippen MR) is 134 cm³/mol. The van der Waals surface area contributed by atoms with Gasteiger partial charge in [-0.25, -0.2) is 4.39 Å². The Balaban J connectivity index is 1.42. The Labute approximate surface area is 200 Å². The summed E-state index contributed by atoms with van der Waals surface area (Å²) in [5, 5.41) is 0. The van der Waals surface area contributed by atoms with Gasteiger partial charge < -0.3 is 4.90 Å². The Kier molecular flexibility index (Phi) is 5.37. The van der Waals surface area contributed by atoms with Crippen LogP contribution in [0.5, 0.6) is 0 Å². The van der Waals surface area contributed by atoms with Crippen molar-refractivity contribution in [2.75, 3.05) is 29.6 Å². The normalized spacial score (nSPS) is 20.1. The zero-order chi connectivity index (χ0) is 23.2. The van der Waals surface area contributed by atoms with E-state index in [-0.39, 0.29) is 23.8 Å². The summed E-state index contributed by atoms with van der Waals surface area (Å²) >= 11 is 0. The molecule has 4 nitrogen and oxygen atoms in total. The van der Waals surface area contributed by atoms with Gasteiger partial charge in [-0.2, -0.15) is 0 Å². The van der Waals surface area contributed by atoms with Crippen LogP contribution < -0.4 is 9.80 Å². The Bertz CT molecular complexity index is 1200. The molecule has 1 atom stereocenters. The zero-order valence-corrected chi connectivity index (χ0v) is 19.6. The number of halogens is 1. The van der Waals surface area contributed by atoms with E-state index >= 15 is 0 Å². The molecule has 34 heavy (non-hydrogen) atoms. The number of aryl methyl sites for hydroxylation is 1. The fourth-order valence-corrected chi connectivity index (χ4v) is 5.48. The molecule has 3 aromatic rings. The van der Waals surface area contributed by atoms with Gasteiger partial charge in [0.1, 0.15) is 12.0 Å². The van der Waals surface area contributed by atoms with E-state index in [1.54, 1.807) is 0 Å². The molecule has 0 radical (unpaired) electrons. The number of anilines is 2. The molecule has 1 aliphatic carbocycles. The summed E-state index contributed by atoms with van der Waals surface area (Å²) in [6.45, 7) is 5.17. The van der Waals surface area contributed by atoms with E-state index in [2.05, 4.69) is 64.1 Å². The minimum Gasteiger partial charge on any atom is -0.332 e. The topological polar surface area (TPSA) is 26.8 Å². The molecule has 6 rings (SSSR count). The number of fused-ring (bicyclic) bond motifs is 1. The molecule has 2 fully saturated rings. The van der Waals surface area contributed by atoms with Crippen molar-refractivity contribution in [1.29, 1.82) is 0 Å². The van der Waals surface area contributed by atoms with Crippen molar-refractivity contribution >= 4 is 17.3 Å². The maximum absolute atomic E-state index is 13.6. The van der Waals surface area contributed by atoms with E-state index < -0.39 is 0 Å². The molecule has 1 saturated heterocycles. The SMILES string of the molecule is Cc1cccc2c1N(CN1CCCC1)C(c1ccc(-c3ccc(F)cc3)cc1)N2C(=O)C1CC1. The van der Waals surface area contributed by atoms with E-state index in [1.165, 1.54) is 36.2 Å². The van der Waals surface area contributed by atoms with Crippen LogP contribution in [0.2, 0.25) is 0 Å². The highest BCUT2D eigenvalue weighted by atomic mass is 19.1. The van der Waals surface area contributed by atoms with Crippen molar-refractivity contribution in [3.05, 3.63) is 83.7 Å². The molecule has 3 aliphatic rings. The Morgan fingerprint density at radius 1 is 0.912 bits per heavy atom. The van der Waals surface area contributed by atoms with Crippen LogP contribution in [0.4, 0.5) is 15.8 Å². The standard InChI is InChI=1S/C29H30FN3O/c1-20-5-4-6-26-27(20)32(19-31-17-2-3-18-31)28(33(26)29(34)24-11-12-24)23-9-7-21(8-10-23)22-13-15-25(30)16-14-22/h4-10,13-16,24,28H,2-3,11-12,17-19H2,1H3. The second kappa shape index (κ2) is 8.55. The average molecular weight is 456 g/mol. The Morgan fingerprint density at radius 2 is 1.56 bits per heavy atom. The van der Waals surface area contributed by atoms with Crippen molar-refractivity contribution < 1.29 is 9.18 Å². The molecule has 5 heteroatoms. The lowest BCUT2D eigenvalue weighted by Crippen LogP contribution is -2.44. The molecule has 2 aliphatic heterocycles. The average Bonchev–Trinajstić information content (AvgIpc) is 3.48. The van der Waals surface area contributed by atoms with E-state index in [0.29, 0.717) is 0 Å². The number of para-hydroxylation sites is 1. The van der Waals surface area contributed by atoms with Crippen LogP contribution in [0.15, 0.2) is 66.7 Å². The molecule has 0 spiro atoms. The van der Waals surface area contributed by atoms with Crippen molar-refractivity contribution in [3.8, 4) is 11.1 Å². The minimum atomic E-state index is -0.230. The molecule has 1 unspecified atom stereocenters. The molecular formula is C29H30FN3O. The summed E-state index contributed by atoms with van der Waals surface area (Å²) in [7, 11) is 0. The van der Waals surface area contributed by atoms with Gasteiger partial charge >= 0.3 is 0 Å². The summed E-state index contributed by atoms with van der Waals surface area (Å²) in [6, 6.07) is 21.4. The van der Waals surface area contributed by atoms with Gasteiger partial charge in [0.2, 0.25) is 5.91 Å². The molecule has 0 N–H and O–H groups in total. The maximum Gasteiger partial charge on any atom is 0.232 e. The van der Waals surface area contributed by atoms with Gasteiger partial charge in [0.25, 0.3) is 0 Å². The highest BCUT2D eigenvalue weighted by Gasteiger charge is 2.46. The monoisotopic (exact) mass is 455 g/mol. The molecule has 3 aromatic carbocycles. The zero-order valence-electron chi connectivity index (χ0n) is 19.6. The van der Waals surface area contributed by atoms with Crippen LogP contribution in [0.3, 0.4) is 0 Å². The maximum atomic E-state index is 13.6. The van der Waals surface area contributed by atoms with Gasteiger partial charge in [-0.3, -0.25) is 14.6 Å². The van der Waals surface area contributed by atoms with Crippen molar-refractivity contribution in [2.24, 2.45) is 5.92 Å². The van der Waals surface area contributed by atoms with Gasteiger partial charge in [-0.1, -0.05) is 48.5 Å². The van der Waals surface area contributed by atoms with Crippen LogP contribution in [0.1, 0.15) is 43.0 Å². The molecule has 0 bridgehead atoms. The quantitative estimate of drug-likeness (QED) is 0.464. The lowest BCUT2D eigenvalue weighted by Gasteiger charge is -2.35. The molecule has 1 saturated carbocycles. The van der Waals surface area contributed by atoms with E-state index in [9.17, 15) is 9.18 Å². The van der Waals surface area contributed by atoms with Crippen LogP contribution in [-0.4, -0.2) is 30.6 Å². The third-order valence-electron chi connectivity index (χ3n) is 7.40. The lowest BCUT2D eigenvalue weighted by atomic mass is 10.0. The number of hydrogen-bond acceptors (Lipinski definition) is 3. The van der Waals surface area contributed by atoms with Gasteiger partial charge in [0.15, 0.2) is 0 Å². The fourth-order valence-electron chi connectivity index (χ4n) is 5.48. The summed E-state index contributed by atoms with van der Waals surface area (Å²) in [4.78, 5) is 20.6. The first kappa shape index (κ1) is 21.4. The van der Waals surface area contributed by atoms with Gasteiger partial charge in [-0.15, -0.1) is 0 Å². The Morgan fingerprint density at radius 3 is 2.21 bits per heavy atom. The predicted octanol–water partition coefficient (Wildman–Crippen LogP) is 6.12. The number of likely N-dealkylation sites (tertiary alicyclic amines) is 1. The second-order valence-electron chi connectivity index (χ2n) is 9.86. The first-order chi connectivity index (χ1) is 16.6. The number of carbonyl (C=O) groups is 1. The number of carbonyl (C=O) groups excluding carboxylic acids is 1. The van der Waals surface area contributed by atoms with Crippen LogP contribution in [0.25, 0.3) is 11.1 Å². The molecule has 1 amide bonds. The third kappa shape index (κ3) is 3.78. The first-order valence-electron chi connectivity index (χ1n) is 12.4. The second-order valence-corrected chi connectivity index (χ2v) is 9.86. The first-order valence-corrected chi connectivity index (χ1v) is 12.4. The minimum absolute atomic E-state index is 0.140. The number of benzene rings is 3. The third-order valence-corrected chi connectivity index (χ3v) is 7.40. The lowest BCUT2D eigenvalue weighted by molar-refractivity contribution is -0.120. The van der Waals surface area contributed by atoms with E-state index in [0.717, 1.165) is 55.0 Å². The number of hydrogen-bond donors (Lipinski definition) is 0. The number of rotatable bonds is 5. The summed E-state index contributed by atoms with van der Waals surface area (Å²) in [6.07, 6.45) is 4.27. The summed E-state index contributed by atoms with van der Waals surface area (Å²) in [5.41, 5.74) is 6.55. The van der Waals surface area contributed by atoms with Crippen LogP contribution in [-0.2, 0) is 4.79 Å². The van der Waals surface area contributed by atoms with Gasteiger partial charge in [0, 0.05) is 5.92 Å². The van der Waals surface area contributed by atoms with Gasteiger partial charge in [-0.05, 0) is 86.1 Å². The van der Waals surface area contributed by atoms with Crippen molar-refractivity contribution in [1.82, 2.24) is 4.90 Å². The summed E-state index contributed by atoms with van der Waals surface area (Å²) in [5.74, 6) is 0.149. The van der Waals surface area contributed by atoms with Crippen molar-refractivity contribution in [2.45, 2.75) is 38.8 Å². The fraction of sp³-hybridized carbons (Fsp3) is 0.345. The van der Waals surface area contributed by atoms with Crippen LogP contribution >= 0.6 is 0 Å². The van der Waals surface area contributed by atoms with Gasteiger partial charge in [0.05, 0.1) is 18.0 Å². The van der Waals surface area contributed by atoms with E-state index in [4.69, 9.17) is 0 Å². The largest absolute Gasteiger partial charge is 0.332 e. The van der Waals surface area contributed by atoms with Crippen molar-refractivity contribution in [3.63, 3.8) is 0 Å². The van der Waals surface area contributed by atoms with E-state index in [1.807, 2.05) is 12.1 Å². The Hall–Kier alpha value is -3.18. The molecule has 174 valence electrons. The molecular weight excluding hydrogens is 425 g/mol. The molecule has 2 heterocycles. The highest BCUT2D eigenvalue weighted by molar-refractivity contribution is 6.03. The molecule has 0 aromatic heterocycles. The number of amides is 1. The smallest absolute Gasteiger partial charge is 0.232 e. The highest BCUT2D eigenvalue weighted by Crippen LogP contribution is 2.50. The van der Waals surface area contributed by atoms with Crippen LogP contribution in [0, 0.1) is 18.7 Å². The number of nitrogens with zero attached hydrogens (tertiary/aromatic N) is 3. The summed E-state index contributed by atoms with van der Waals surface area (Å²) < 4.78 is 13.4.